The highest BCUT2D eigenvalue weighted by atomic mass is 16.4. The van der Waals surface area contributed by atoms with Gasteiger partial charge in [-0.1, -0.05) is 6.92 Å². The molecule has 0 atom stereocenters. The fourth-order valence-corrected chi connectivity index (χ4v) is 3.58. The SMILES string of the molecule is CCN(CC(=O)O)C1CC(NC(=O)N2CC(O)(C3CC3)C2)C1. The van der Waals surface area contributed by atoms with Crippen LogP contribution in [0.2, 0.25) is 0 Å². The third kappa shape index (κ3) is 3.05. The van der Waals surface area contributed by atoms with Crippen molar-refractivity contribution >= 4 is 12.0 Å². The van der Waals surface area contributed by atoms with Gasteiger partial charge in [-0.25, -0.2) is 4.79 Å². The minimum absolute atomic E-state index is 0.0579. The molecule has 0 spiro atoms. The number of likely N-dealkylation sites (tertiary alicyclic amines) is 1. The number of hydrogen-bond acceptors (Lipinski definition) is 4. The molecule has 3 N–H and O–H groups in total. The Hall–Kier alpha value is -1.34. The fourth-order valence-electron chi connectivity index (χ4n) is 3.58. The van der Waals surface area contributed by atoms with E-state index in [-0.39, 0.29) is 24.7 Å². The number of hydrogen-bond donors (Lipinski definition) is 3. The standard InChI is InChI=1S/C15H25N3O4/c1-2-17(7-13(19)20)12-5-11(6-12)16-14(21)18-8-15(22,9-18)10-3-4-10/h10-12,22H,2-9H2,1H3,(H,16,21)(H,19,20). The van der Waals surface area contributed by atoms with Gasteiger partial charge in [-0.15, -0.1) is 0 Å². The largest absolute Gasteiger partial charge is 0.480 e. The van der Waals surface area contributed by atoms with Crippen LogP contribution in [0.25, 0.3) is 0 Å². The van der Waals surface area contributed by atoms with Crippen LogP contribution in [0.5, 0.6) is 0 Å². The fraction of sp³-hybridized carbons (Fsp3) is 0.867. The van der Waals surface area contributed by atoms with Crippen LogP contribution in [-0.4, -0.2) is 75.9 Å². The molecule has 0 unspecified atom stereocenters. The summed E-state index contributed by atoms with van der Waals surface area (Å²) in [7, 11) is 0. The van der Waals surface area contributed by atoms with Gasteiger partial charge in [0.2, 0.25) is 0 Å². The Balaban J connectivity index is 1.37. The van der Waals surface area contributed by atoms with E-state index in [2.05, 4.69) is 5.32 Å². The number of nitrogens with zero attached hydrogens (tertiary/aromatic N) is 2. The van der Waals surface area contributed by atoms with Gasteiger partial charge in [-0.05, 0) is 38.1 Å². The molecule has 0 aromatic rings. The number of nitrogens with one attached hydrogen (secondary N) is 1. The van der Waals surface area contributed by atoms with Crippen molar-refractivity contribution in [3.8, 4) is 0 Å². The zero-order valence-electron chi connectivity index (χ0n) is 13.0. The molecular formula is C15H25N3O4. The number of aliphatic carboxylic acids is 1. The normalized spacial score (nSPS) is 29.7. The van der Waals surface area contributed by atoms with E-state index in [1.165, 1.54) is 0 Å². The predicted octanol–water partition coefficient (Wildman–Crippen LogP) is 0.0902. The molecule has 22 heavy (non-hydrogen) atoms. The molecule has 2 aliphatic carbocycles. The van der Waals surface area contributed by atoms with Gasteiger partial charge in [0.05, 0.1) is 19.6 Å². The van der Waals surface area contributed by atoms with Crippen molar-refractivity contribution in [1.29, 1.82) is 0 Å². The molecule has 0 aromatic heterocycles. The lowest BCUT2D eigenvalue weighted by atomic mass is 9.85. The summed E-state index contributed by atoms with van der Waals surface area (Å²) in [6.45, 7) is 3.60. The van der Waals surface area contributed by atoms with E-state index < -0.39 is 11.6 Å². The second kappa shape index (κ2) is 5.70. The van der Waals surface area contributed by atoms with E-state index >= 15 is 0 Å². The molecule has 0 radical (unpaired) electrons. The first-order chi connectivity index (χ1) is 10.4. The number of rotatable bonds is 6. The van der Waals surface area contributed by atoms with Gasteiger partial charge in [-0.3, -0.25) is 9.69 Å². The second-order valence-electron chi connectivity index (χ2n) is 6.96. The second-order valence-corrected chi connectivity index (χ2v) is 6.96. The Kier molecular flexibility index (Phi) is 4.03. The summed E-state index contributed by atoms with van der Waals surface area (Å²) in [6, 6.07) is 0.260. The van der Waals surface area contributed by atoms with Crippen molar-refractivity contribution in [3.63, 3.8) is 0 Å². The summed E-state index contributed by atoms with van der Waals surface area (Å²) >= 11 is 0. The zero-order chi connectivity index (χ0) is 15.9. The van der Waals surface area contributed by atoms with Crippen LogP contribution in [0.1, 0.15) is 32.6 Å². The number of carboxylic acid groups (broad SMARTS) is 1. The third-order valence-electron chi connectivity index (χ3n) is 5.26. The Morgan fingerprint density at radius 3 is 2.45 bits per heavy atom. The number of likely N-dealkylation sites (N-methyl/N-ethyl adjacent to an activating group) is 1. The first-order valence-electron chi connectivity index (χ1n) is 8.15. The van der Waals surface area contributed by atoms with E-state index in [1.807, 2.05) is 11.8 Å². The quantitative estimate of drug-likeness (QED) is 0.646. The van der Waals surface area contributed by atoms with Crippen LogP contribution in [-0.2, 0) is 4.79 Å². The Morgan fingerprint density at radius 1 is 1.32 bits per heavy atom. The summed E-state index contributed by atoms with van der Waals surface area (Å²) in [4.78, 5) is 26.5. The van der Waals surface area contributed by atoms with E-state index in [9.17, 15) is 14.7 Å². The molecule has 124 valence electrons. The van der Waals surface area contributed by atoms with Crippen molar-refractivity contribution in [3.05, 3.63) is 0 Å². The average molecular weight is 311 g/mol. The third-order valence-corrected chi connectivity index (χ3v) is 5.26. The zero-order valence-corrected chi connectivity index (χ0v) is 13.0. The minimum Gasteiger partial charge on any atom is -0.480 e. The summed E-state index contributed by atoms with van der Waals surface area (Å²) < 4.78 is 0. The van der Waals surface area contributed by atoms with E-state index in [0.717, 1.165) is 25.7 Å². The summed E-state index contributed by atoms with van der Waals surface area (Å²) in [5, 5.41) is 22.1. The van der Waals surface area contributed by atoms with Crippen LogP contribution in [0.15, 0.2) is 0 Å². The van der Waals surface area contributed by atoms with Gasteiger partial charge < -0.3 is 20.4 Å². The van der Waals surface area contributed by atoms with E-state index in [4.69, 9.17) is 5.11 Å². The highest BCUT2D eigenvalue weighted by molar-refractivity contribution is 5.76. The van der Waals surface area contributed by atoms with Crippen LogP contribution >= 0.6 is 0 Å². The smallest absolute Gasteiger partial charge is 0.317 e. The van der Waals surface area contributed by atoms with Crippen molar-refractivity contribution in [2.75, 3.05) is 26.2 Å². The van der Waals surface area contributed by atoms with Crippen molar-refractivity contribution in [2.45, 2.75) is 50.3 Å². The van der Waals surface area contributed by atoms with Crippen molar-refractivity contribution in [1.82, 2.24) is 15.1 Å². The van der Waals surface area contributed by atoms with Crippen LogP contribution < -0.4 is 5.32 Å². The lowest BCUT2D eigenvalue weighted by molar-refractivity contribution is -0.139. The predicted molar refractivity (Wildman–Crippen MR) is 79.5 cm³/mol. The number of urea groups is 1. The summed E-state index contributed by atoms with van der Waals surface area (Å²) in [6.07, 6.45) is 3.75. The van der Waals surface area contributed by atoms with Crippen LogP contribution in [0.4, 0.5) is 4.79 Å². The van der Waals surface area contributed by atoms with Crippen molar-refractivity contribution < 1.29 is 19.8 Å². The van der Waals surface area contributed by atoms with Gasteiger partial charge in [0.1, 0.15) is 5.60 Å². The lowest BCUT2D eigenvalue weighted by Gasteiger charge is -2.48. The van der Waals surface area contributed by atoms with Crippen molar-refractivity contribution in [2.24, 2.45) is 5.92 Å². The van der Waals surface area contributed by atoms with Gasteiger partial charge in [0.15, 0.2) is 0 Å². The van der Waals surface area contributed by atoms with Gasteiger partial charge >= 0.3 is 12.0 Å². The molecule has 7 nitrogen and oxygen atoms in total. The van der Waals surface area contributed by atoms with Gasteiger partial charge in [0.25, 0.3) is 0 Å². The molecule has 3 rings (SSSR count). The molecule has 2 saturated carbocycles. The Bertz CT molecular complexity index is 454. The topological polar surface area (TPSA) is 93.1 Å². The maximum Gasteiger partial charge on any atom is 0.317 e. The van der Waals surface area contributed by atoms with E-state index in [0.29, 0.717) is 25.6 Å². The first kappa shape index (κ1) is 15.6. The minimum atomic E-state index is -0.811. The lowest BCUT2D eigenvalue weighted by Crippen LogP contribution is -2.68. The number of carboxylic acids is 1. The number of amides is 2. The molecule has 0 aromatic carbocycles. The Labute approximate surface area is 130 Å². The van der Waals surface area contributed by atoms with Gasteiger partial charge in [-0.2, -0.15) is 0 Å². The first-order valence-corrected chi connectivity index (χ1v) is 8.15. The molecular weight excluding hydrogens is 286 g/mol. The molecule has 1 saturated heterocycles. The highest BCUT2D eigenvalue weighted by Crippen LogP contribution is 2.44. The number of β-amino-alcohol motifs (C(OH)–C–C–N with tert-alkyl or cyclic N) is 1. The molecule has 3 aliphatic rings. The molecule has 1 heterocycles. The highest BCUT2D eigenvalue weighted by Gasteiger charge is 2.53. The molecule has 0 bridgehead atoms. The number of carbonyl (C=O) groups excluding carboxylic acids is 1. The Morgan fingerprint density at radius 2 is 1.95 bits per heavy atom. The maximum absolute atomic E-state index is 12.1. The summed E-state index contributed by atoms with van der Waals surface area (Å²) in [5.74, 6) is -0.423. The number of carbonyl (C=O) groups is 2. The molecule has 1 aliphatic heterocycles. The average Bonchev–Trinajstić information content (AvgIpc) is 3.20. The molecule has 2 amide bonds. The van der Waals surface area contributed by atoms with Crippen LogP contribution in [0.3, 0.4) is 0 Å². The monoisotopic (exact) mass is 311 g/mol. The van der Waals surface area contributed by atoms with Gasteiger partial charge in [0, 0.05) is 12.1 Å². The maximum atomic E-state index is 12.1. The summed E-state index contributed by atoms with van der Waals surface area (Å²) in [5.41, 5.74) is -0.639. The number of aliphatic hydroxyl groups is 1. The van der Waals surface area contributed by atoms with Crippen LogP contribution in [0, 0.1) is 5.92 Å². The molecule has 7 heteroatoms. The molecule has 3 fully saturated rings. The van der Waals surface area contributed by atoms with E-state index in [1.54, 1.807) is 4.90 Å².